The molecule has 5 aromatic rings. The first-order chi connectivity index (χ1) is 15.6. The van der Waals surface area contributed by atoms with E-state index in [9.17, 15) is 4.79 Å². The number of aromatic nitrogens is 4. The number of carbonyl (C=O) groups is 1. The van der Waals surface area contributed by atoms with Crippen LogP contribution >= 0.6 is 11.3 Å². The van der Waals surface area contributed by atoms with Gasteiger partial charge in [-0.05, 0) is 72.8 Å². The quantitative estimate of drug-likeness (QED) is 0.371. The molecule has 0 aliphatic rings. The Morgan fingerprint density at radius 2 is 1.72 bits per heavy atom. The summed E-state index contributed by atoms with van der Waals surface area (Å²) in [6, 6.07) is 20.9. The largest absolute Gasteiger partial charge is 0.323 e. The standard InChI is InChI=1S/C24H20N6OS/c1-15-8-9-19(13-16(15)2)26-24(31)25-18-6-3-5-17(14-18)20-10-11-22-27-28-23(30(22)29-20)21-7-4-12-32-21/h3-14H,1-2H3,(H2,25,26,31). The molecule has 0 unspecified atom stereocenters. The molecule has 3 aromatic heterocycles. The Hall–Kier alpha value is -4.04. The van der Waals surface area contributed by atoms with E-state index in [4.69, 9.17) is 5.10 Å². The van der Waals surface area contributed by atoms with E-state index in [2.05, 4.69) is 20.8 Å². The van der Waals surface area contributed by atoms with Crippen molar-refractivity contribution in [3.8, 4) is 22.0 Å². The van der Waals surface area contributed by atoms with E-state index in [1.807, 2.05) is 86.0 Å². The molecule has 7 nitrogen and oxygen atoms in total. The number of thiophene rings is 1. The van der Waals surface area contributed by atoms with E-state index in [1.54, 1.807) is 15.9 Å². The van der Waals surface area contributed by atoms with Crippen molar-refractivity contribution in [1.82, 2.24) is 19.8 Å². The molecule has 3 heterocycles. The molecule has 0 spiro atoms. The van der Waals surface area contributed by atoms with Gasteiger partial charge < -0.3 is 10.6 Å². The van der Waals surface area contributed by atoms with E-state index < -0.39 is 0 Å². The molecule has 2 N–H and O–H groups in total. The summed E-state index contributed by atoms with van der Waals surface area (Å²) in [5.74, 6) is 0.707. The zero-order valence-corrected chi connectivity index (χ0v) is 18.4. The lowest BCUT2D eigenvalue weighted by Crippen LogP contribution is -2.19. The molecule has 5 rings (SSSR count). The Labute approximate surface area is 188 Å². The first-order valence-electron chi connectivity index (χ1n) is 10.1. The first-order valence-corrected chi connectivity index (χ1v) is 11.0. The van der Waals surface area contributed by atoms with Crippen molar-refractivity contribution in [2.75, 3.05) is 10.6 Å². The van der Waals surface area contributed by atoms with Crippen LogP contribution in [0.2, 0.25) is 0 Å². The normalized spacial score (nSPS) is 10.9. The van der Waals surface area contributed by atoms with Crippen molar-refractivity contribution in [2.24, 2.45) is 0 Å². The SMILES string of the molecule is Cc1ccc(NC(=O)Nc2cccc(-c3ccc4nnc(-c5cccs5)n4n3)c2)cc1C. The summed E-state index contributed by atoms with van der Waals surface area (Å²) in [4.78, 5) is 13.5. The number of carbonyl (C=O) groups excluding carboxylic acids is 1. The third-order valence-corrected chi connectivity index (χ3v) is 6.05. The van der Waals surface area contributed by atoms with Crippen LogP contribution in [0.15, 0.2) is 72.1 Å². The van der Waals surface area contributed by atoms with E-state index in [1.165, 1.54) is 5.56 Å². The predicted molar refractivity (Wildman–Crippen MR) is 128 cm³/mol. The van der Waals surface area contributed by atoms with Gasteiger partial charge in [0.15, 0.2) is 11.5 Å². The molecular weight excluding hydrogens is 420 g/mol. The topological polar surface area (TPSA) is 84.2 Å². The van der Waals surface area contributed by atoms with Crippen LogP contribution in [0.4, 0.5) is 16.2 Å². The third-order valence-electron chi connectivity index (χ3n) is 5.19. The smallest absolute Gasteiger partial charge is 0.308 e. The van der Waals surface area contributed by atoms with Gasteiger partial charge in [0.05, 0.1) is 10.6 Å². The number of nitrogens with one attached hydrogen (secondary N) is 2. The molecule has 0 saturated heterocycles. The number of hydrogen-bond acceptors (Lipinski definition) is 5. The molecular formula is C24H20N6OS. The average molecular weight is 441 g/mol. The van der Waals surface area contributed by atoms with Crippen LogP contribution in [-0.2, 0) is 0 Å². The number of anilines is 2. The lowest BCUT2D eigenvalue weighted by atomic mass is 10.1. The minimum absolute atomic E-state index is 0.299. The summed E-state index contributed by atoms with van der Waals surface area (Å²) in [6.45, 7) is 4.06. The second-order valence-electron chi connectivity index (χ2n) is 7.45. The summed E-state index contributed by atoms with van der Waals surface area (Å²) in [5, 5.41) is 21.0. The Bertz CT molecular complexity index is 1420. The van der Waals surface area contributed by atoms with Crippen LogP contribution in [0.3, 0.4) is 0 Å². The van der Waals surface area contributed by atoms with Crippen LogP contribution in [0, 0.1) is 13.8 Å². The predicted octanol–water partition coefficient (Wildman–Crippen LogP) is 5.78. The van der Waals surface area contributed by atoms with Gasteiger partial charge >= 0.3 is 6.03 Å². The second kappa shape index (κ2) is 8.24. The molecule has 8 heteroatoms. The van der Waals surface area contributed by atoms with E-state index in [0.717, 1.165) is 27.4 Å². The first kappa shape index (κ1) is 19.9. The van der Waals surface area contributed by atoms with Crippen molar-refractivity contribution in [3.05, 3.63) is 83.2 Å². The van der Waals surface area contributed by atoms with Gasteiger partial charge in [0.2, 0.25) is 0 Å². The summed E-state index contributed by atoms with van der Waals surface area (Å²) in [5.41, 5.74) is 6.05. The van der Waals surface area contributed by atoms with E-state index >= 15 is 0 Å². The minimum Gasteiger partial charge on any atom is -0.308 e. The van der Waals surface area contributed by atoms with Gasteiger partial charge in [-0.1, -0.05) is 24.3 Å². The van der Waals surface area contributed by atoms with Crippen LogP contribution < -0.4 is 10.6 Å². The fraction of sp³-hybridized carbons (Fsp3) is 0.0833. The van der Waals surface area contributed by atoms with Gasteiger partial charge in [0, 0.05) is 16.9 Å². The zero-order chi connectivity index (χ0) is 22.1. The summed E-state index contributed by atoms with van der Waals surface area (Å²) < 4.78 is 1.74. The highest BCUT2D eigenvalue weighted by atomic mass is 32.1. The number of amides is 2. The summed E-state index contributed by atoms with van der Waals surface area (Å²) >= 11 is 1.59. The molecule has 0 bridgehead atoms. The number of urea groups is 1. The average Bonchev–Trinajstić information content (AvgIpc) is 3.45. The van der Waals surface area contributed by atoms with Crippen LogP contribution in [0.25, 0.3) is 27.6 Å². The Morgan fingerprint density at radius 3 is 2.50 bits per heavy atom. The highest BCUT2D eigenvalue weighted by Crippen LogP contribution is 2.25. The Kier molecular flexibility index (Phi) is 5.12. The number of aryl methyl sites for hydroxylation is 2. The van der Waals surface area contributed by atoms with Gasteiger partial charge in [-0.3, -0.25) is 0 Å². The lowest BCUT2D eigenvalue weighted by Gasteiger charge is -2.10. The molecule has 0 fully saturated rings. The number of hydrogen-bond donors (Lipinski definition) is 2. The van der Waals surface area contributed by atoms with Gasteiger partial charge in [-0.2, -0.15) is 9.61 Å². The maximum Gasteiger partial charge on any atom is 0.323 e. The molecule has 0 aliphatic carbocycles. The summed E-state index contributed by atoms with van der Waals surface area (Å²) in [6.07, 6.45) is 0. The van der Waals surface area contributed by atoms with Crippen LogP contribution in [-0.4, -0.2) is 25.8 Å². The van der Waals surface area contributed by atoms with Crippen molar-refractivity contribution in [1.29, 1.82) is 0 Å². The molecule has 0 atom stereocenters. The van der Waals surface area contributed by atoms with Crippen molar-refractivity contribution < 1.29 is 4.79 Å². The Balaban J connectivity index is 1.39. The van der Waals surface area contributed by atoms with Gasteiger partial charge in [0.1, 0.15) is 0 Å². The minimum atomic E-state index is -0.299. The second-order valence-corrected chi connectivity index (χ2v) is 8.40. The van der Waals surface area contributed by atoms with Crippen molar-refractivity contribution in [2.45, 2.75) is 13.8 Å². The number of nitrogens with zero attached hydrogens (tertiary/aromatic N) is 4. The molecule has 0 radical (unpaired) electrons. The molecule has 158 valence electrons. The molecule has 2 aromatic carbocycles. The number of rotatable bonds is 4. The summed E-state index contributed by atoms with van der Waals surface area (Å²) in [7, 11) is 0. The van der Waals surface area contributed by atoms with Crippen LogP contribution in [0.5, 0.6) is 0 Å². The fourth-order valence-corrected chi connectivity index (χ4v) is 4.06. The number of fused-ring (bicyclic) bond motifs is 1. The van der Waals surface area contributed by atoms with Crippen molar-refractivity contribution >= 4 is 34.4 Å². The molecule has 32 heavy (non-hydrogen) atoms. The monoisotopic (exact) mass is 440 g/mol. The van der Waals surface area contributed by atoms with Gasteiger partial charge in [-0.15, -0.1) is 21.5 Å². The van der Waals surface area contributed by atoms with Gasteiger partial charge in [0.25, 0.3) is 0 Å². The zero-order valence-electron chi connectivity index (χ0n) is 17.5. The number of benzene rings is 2. The third kappa shape index (κ3) is 3.95. The maximum atomic E-state index is 12.5. The highest BCUT2D eigenvalue weighted by Gasteiger charge is 2.12. The van der Waals surface area contributed by atoms with E-state index in [-0.39, 0.29) is 6.03 Å². The fourth-order valence-electron chi connectivity index (χ4n) is 3.37. The lowest BCUT2D eigenvalue weighted by molar-refractivity contribution is 0.262. The highest BCUT2D eigenvalue weighted by molar-refractivity contribution is 7.13. The van der Waals surface area contributed by atoms with Gasteiger partial charge in [-0.25, -0.2) is 4.79 Å². The van der Waals surface area contributed by atoms with E-state index in [0.29, 0.717) is 17.2 Å². The van der Waals surface area contributed by atoms with Crippen LogP contribution in [0.1, 0.15) is 11.1 Å². The Morgan fingerprint density at radius 1 is 0.875 bits per heavy atom. The molecule has 0 aliphatic heterocycles. The molecule has 0 saturated carbocycles. The van der Waals surface area contributed by atoms with Crippen molar-refractivity contribution in [3.63, 3.8) is 0 Å². The molecule has 2 amide bonds. The maximum absolute atomic E-state index is 12.5.